The number of nitrogens with one attached hydrogen (secondary N) is 1. The van der Waals surface area contributed by atoms with Gasteiger partial charge in [0.05, 0.1) is 5.69 Å². The van der Waals surface area contributed by atoms with Gasteiger partial charge in [-0.3, -0.25) is 9.48 Å². The van der Waals surface area contributed by atoms with Gasteiger partial charge in [-0.25, -0.2) is 0 Å². The second-order valence-electron chi connectivity index (χ2n) is 6.61. The first-order chi connectivity index (χ1) is 8.88. The molecule has 19 heavy (non-hydrogen) atoms. The molecule has 4 nitrogen and oxygen atoms in total. The molecule has 1 saturated carbocycles. The van der Waals surface area contributed by atoms with E-state index in [9.17, 15) is 4.79 Å². The molecule has 1 N–H and O–H groups in total. The zero-order chi connectivity index (χ0) is 14.0. The smallest absolute Gasteiger partial charge is 0.228 e. The summed E-state index contributed by atoms with van der Waals surface area (Å²) in [7, 11) is 1.88. The summed E-state index contributed by atoms with van der Waals surface area (Å²) in [6.07, 6.45) is 5.67. The molecule has 4 heteroatoms. The lowest BCUT2D eigenvalue weighted by atomic mass is 9.88. The summed E-state index contributed by atoms with van der Waals surface area (Å²) in [6, 6.07) is 1.99. The van der Waals surface area contributed by atoms with Gasteiger partial charge in [-0.2, -0.15) is 5.10 Å². The van der Waals surface area contributed by atoms with Gasteiger partial charge in [0, 0.05) is 24.4 Å². The number of aromatic nitrogens is 2. The third kappa shape index (κ3) is 3.37. The zero-order valence-electron chi connectivity index (χ0n) is 12.5. The number of hydrogen-bond acceptors (Lipinski definition) is 2. The van der Waals surface area contributed by atoms with E-state index in [-0.39, 0.29) is 17.2 Å². The van der Waals surface area contributed by atoms with Crippen LogP contribution in [0.5, 0.6) is 0 Å². The molecule has 1 aliphatic rings. The normalized spacial score (nSPS) is 17.5. The van der Waals surface area contributed by atoms with Crippen molar-refractivity contribution in [1.29, 1.82) is 0 Å². The first-order valence-corrected chi connectivity index (χ1v) is 7.23. The summed E-state index contributed by atoms with van der Waals surface area (Å²) in [6.45, 7) is 6.38. The second kappa shape index (κ2) is 5.35. The van der Waals surface area contributed by atoms with E-state index in [4.69, 9.17) is 0 Å². The van der Waals surface area contributed by atoms with Crippen molar-refractivity contribution in [2.24, 2.45) is 13.0 Å². The van der Waals surface area contributed by atoms with Gasteiger partial charge in [0.1, 0.15) is 5.82 Å². The predicted octanol–water partition coefficient (Wildman–Crippen LogP) is 3.24. The first-order valence-electron chi connectivity index (χ1n) is 7.23. The molecule has 106 valence electrons. The molecule has 0 aromatic carbocycles. The van der Waals surface area contributed by atoms with Gasteiger partial charge < -0.3 is 5.32 Å². The highest BCUT2D eigenvalue weighted by molar-refractivity contribution is 5.91. The summed E-state index contributed by atoms with van der Waals surface area (Å²) >= 11 is 0. The lowest BCUT2D eigenvalue weighted by molar-refractivity contribution is -0.120. The molecule has 0 aliphatic heterocycles. The minimum Gasteiger partial charge on any atom is -0.311 e. The number of rotatable bonds is 2. The maximum absolute atomic E-state index is 12.2. The fourth-order valence-electron chi connectivity index (χ4n) is 2.54. The summed E-state index contributed by atoms with van der Waals surface area (Å²) < 4.78 is 1.77. The van der Waals surface area contributed by atoms with E-state index >= 15 is 0 Å². The van der Waals surface area contributed by atoms with Crippen LogP contribution in [0.25, 0.3) is 0 Å². The van der Waals surface area contributed by atoms with Crippen molar-refractivity contribution in [3.63, 3.8) is 0 Å². The van der Waals surface area contributed by atoms with Crippen molar-refractivity contribution < 1.29 is 4.79 Å². The highest BCUT2D eigenvalue weighted by Gasteiger charge is 2.23. The Morgan fingerprint density at radius 2 is 1.95 bits per heavy atom. The SMILES string of the molecule is Cn1nc(C(C)(C)C)cc1NC(=O)C1CCCCC1. The fourth-order valence-corrected chi connectivity index (χ4v) is 2.54. The first kappa shape index (κ1) is 14.1. The number of anilines is 1. The van der Waals surface area contributed by atoms with Crippen molar-refractivity contribution in [2.75, 3.05) is 5.32 Å². The fraction of sp³-hybridized carbons (Fsp3) is 0.733. The molecule has 1 amide bonds. The van der Waals surface area contributed by atoms with E-state index in [2.05, 4.69) is 31.2 Å². The third-order valence-electron chi connectivity index (χ3n) is 3.88. The molecular weight excluding hydrogens is 238 g/mol. The van der Waals surface area contributed by atoms with Gasteiger partial charge in [-0.15, -0.1) is 0 Å². The van der Waals surface area contributed by atoms with Gasteiger partial charge in [0.25, 0.3) is 0 Å². The van der Waals surface area contributed by atoms with E-state index in [0.717, 1.165) is 24.4 Å². The minimum absolute atomic E-state index is 0.00553. The minimum atomic E-state index is 0.00553. The Morgan fingerprint density at radius 1 is 1.32 bits per heavy atom. The molecule has 1 aliphatic carbocycles. The van der Waals surface area contributed by atoms with Gasteiger partial charge in [-0.1, -0.05) is 40.0 Å². The highest BCUT2D eigenvalue weighted by atomic mass is 16.2. The number of nitrogens with zero attached hydrogens (tertiary/aromatic N) is 2. The summed E-state index contributed by atoms with van der Waals surface area (Å²) in [5.41, 5.74) is 1.01. The Labute approximate surface area is 115 Å². The topological polar surface area (TPSA) is 46.9 Å². The van der Waals surface area contributed by atoms with Crippen LogP contribution < -0.4 is 5.32 Å². The van der Waals surface area contributed by atoms with Crippen LogP contribution in [-0.2, 0) is 17.3 Å². The molecule has 0 unspecified atom stereocenters. The molecular formula is C15H25N3O. The molecule has 1 aromatic rings. The van der Waals surface area contributed by atoms with E-state index in [1.807, 2.05) is 13.1 Å². The van der Waals surface area contributed by atoms with Crippen molar-refractivity contribution in [2.45, 2.75) is 58.3 Å². The zero-order valence-corrected chi connectivity index (χ0v) is 12.5. The Hall–Kier alpha value is -1.32. The van der Waals surface area contributed by atoms with Crippen LogP contribution in [0.15, 0.2) is 6.07 Å². The second-order valence-corrected chi connectivity index (χ2v) is 6.61. The highest BCUT2D eigenvalue weighted by Crippen LogP contribution is 2.26. The van der Waals surface area contributed by atoms with Crippen LogP contribution >= 0.6 is 0 Å². The number of hydrogen-bond donors (Lipinski definition) is 1. The average Bonchev–Trinajstić information content (AvgIpc) is 2.72. The molecule has 0 radical (unpaired) electrons. The molecule has 0 saturated heterocycles. The average molecular weight is 263 g/mol. The molecule has 1 fully saturated rings. The van der Waals surface area contributed by atoms with Crippen molar-refractivity contribution in [3.05, 3.63) is 11.8 Å². The summed E-state index contributed by atoms with van der Waals surface area (Å²) in [5, 5.41) is 7.52. The van der Waals surface area contributed by atoms with Crippen molar-refractivity contribution >= 4 is 11.7 Å². The third-order valence-corrected chi connectivity index (χ3v) is 3.88. The van der Waals surface area contributed by atoms with Gasteiger partial charge in [-0.05, 0) is 12.8 Å². The van der Waals surface area contributed by atoms with Gasteiger partial charge >= 0.3 is 0 Å². The Bertz CT molecular complexity index is 450. The van der Waals surface area contributed by atoms with Crippen molar-refractivity contribution in [3.8, 4) is 0 Å². The Balaban J connectivity index is 2.06. The van der Waals surface area contributed by atoms with Crippen LogP contribution in [0.1, 0.15) is 58.6 Å². The monoisotopic (exact) mass is 263 g/mol. The van der Waals surface area contributed by atoms with E-state index < -0.39 is 0 Å². The van der Waals surface area contributed by atoms with E-state index in [1.54, 1.807) is 4.68 Å². The van der Waals surface area contributed by atoms with Crippen LogP contribution in [0.4, 0.5) is 5.82 Å². The maximum Gasteiger partial charge on any atom is 0.228 e. The van der Waals surface area contributed by atoms with Gasteiger partial charge in [0.2, 0.25) is 5.91 Å². The molecule has 0 spiro atoms. The lowest BCUT2D eigenvalue weighted by Crippen LogP contribution is -2.25. The molecule has 0 bridgehead atoms. The quantitative estimate of drug-likeness (QED) is 0.890. The summed E-state index contributed by atoms with van der Waals surface area (Å²) in [5.74, 6) is 1.14. The van der Waals surface area contributed by atoms with E-state index in [1.165, 1.54) is 19.3 Å². The van der Waals surface area contributed by atoms with E-state index in [0.29, 0.717) is 0 Å². The number of carbonyl (C=O) groups is 1. The van der Waals surface area contributed by atoms with Gasteiger partial charge in [0.15, 0.2) is 0 Å². The standard InChI is InChI=1S/C15H25N3O/c1-15(2,3)12-10-13(18(4)17-12)16-14(19)11-8-6-5-7-9-11/h10-11H,5-9H2,1-4H3,(H,16,19). The predicted molar refractivity (Wildman–Crippen MR) is 77.1 cm³/mol. The lowest BCUT2D eigenvalue weighted by Gasteiger charge is -2.20. The van der Waals surface area contributed by atoms with Crippen LogP contribution in [0.2, 0.25) is 0 Å². The Kier molecular flexibility index (Phi) is 3.97. The van der Waals surface area contributed by atoms with Crippen molar-refractivity contribution in [1.82, 2.24) is 9.78 Å². The molecule has 1 heterocycles. The van der Waals surface area contributed by atoms with Crippen LogP contribution in [0.3, 0.4) is 0 Å². The largest absolute Gasteiger partial charge is 0.311 e. The van der Waals surface area contributed by atoms with Crippen LogP contribution in [-0.4, -0.2) is 15.7 Å². The molecule has 1 aromatic heterocycles. The number of carbonyl (C=O) groups excluding carboxylic acids is 1. The number of amides is 1. The molecule has 2 rings (SSSR count). The Morgan fingerprint density at radius 3 is 2.47 bits per heavy atom. The maximum atomic E-state index is 12.2. The molecule has 0 atom stereocenters. The number of aryl methyl sites for hydroxylation is 1. The van der Waals surface area contributed by atoms with Crippen LogP contribution in [0, 0.1) is 5.92 Å². The summed E-state index contributed by atoms with van der Waals surface area (Å²) in [4.78, 5) is 12.2.